The molecule has 35 heavy (non-hydrogen) atoms. The molecule has 3 aromatic rings. The maximum absolute atomic E-state index is 6.47. The normalized spacial score (nSPS) is 16.5. The molecule has 1 fully saturated rings. The number of aryl methyl sites for hydroxylation is 1. The van der Waals surface area contributed by atoms with Gasteiger partial charge in [-0.15, -0.1) is 0 Å². The molecule has 2 aromatic carbocycles. The molecular weight excluding hydrogens is 457 g/mol. The predicted molar refractivity (Wildman–Crippen MR) is 147 cm³/mol. The van der Waals surface area contributed by atoms with Crippen molar-refractivity contribution in [3.63, 3.8) is 0 Å². The first kappa shape index (κ1) is 25.7. The summed E-state index contributed by atoms with van der Waals surface area (Å²) in [6, 6.07) is 13.8. The number of hydrogen-bond donors (Lipinski definition) is 1. The van der Waals surface area contributed by atoms with E-state index in [1.807, 2.05) is 36.4 Å². The minimum atomic E-state index is 0.213. The summed E-state index contributed by atoms with van der Waals surface area (Å²) < 4.78 is 14.2. The van der Waals surface area contributed by atoms with E-state index in [0.717, 1.165) is 85.0 Å². The van der Waals surface area contributed by atoms with Gasteiger partial charge in [0.1, 0.15) is 0 Å². The van der Waals surface area contributed by atoms with E-state index in [1.54, 1.807) is 7.11 Å². The molecule has 1 atom stereocenters. The Morgan fingerprint density at radius 1 is 1.17 bits per heavy atom. The molecule has 0 bridgehead atoms. The number of aromatic nitrogens is 1. The number of methoxy groups -OCH3 is 1. The zero-order valence-electron chi connectivity index (χ0n) is 21.1. The van der Waals surface area contributed by atoms with Crippen LogP contribution in [-0.4, -0.2) is 61.9 Å². The van der Waals surface area contributed by atoms with Gasteiger partial charge < -0.3 is 0 Å². The number of fused-ring (bicyclic) bond motifs is 1. The number of ether oxygens (including phenoxy) is 2. The van der Waals surface area contributed by atoms with E-state index < -0.39 is 0 Å². The summed E-state index contributed by atoms with van der Waals surface area (Å²) in [7, 11) is 8.20. The first-order valence-electron chi connectivity index (χ1n) is 12.6. The molecule has 1 aliphatic rings. The molecule has 1 radical (unpaired) electrons. The van der Waals surface area contributed by atoms with Crippen molar-refractivity contribution in [3.05, 3.63) is 59.2 Å². The van der Waals surface area contributed by atoms with Crippen molar-refractivity contribution in [1.82, 2.24) is 14.8 Å². The molecule has 4 rings (SSSR count). The van der Waals surface area contributed by atoms with Crippen LogP contribution in [0, 0.1) is 5.92 Å². The Kier molecular flexibility index (Phi) is 8.80. The van der Waals surface area contributed by atoms with Gasteiger partial charge in [-0.2, -0.15) is 0 Å². The van der Waals surface area contributed by atoms with Crippen LogP contribution in [-0.2, 0) is 6.54 Å². The number of likely N-dealkylation sites (tertiary alicyclic amines) is 1. The molecule has 1 aromatic heterocycles. The second kappa shape index (κ2) is 12.0. The number of nitrogens with one attached hydrogen (secondary N) is 1. The van der Waals surface area contributed by atoms with Crippen molar-refractivity contribution >= 4 is 35.6 Å². The Balaban J connectivity index is 1.40. The molecule has 0 amide bonds. The van der Waals surface area contributed by atoms with Gasteiger partial charge in [0.05, 0.1) is 0 Å². The van der Waals surface area contributed by atoms with Crippen LogP contribution in [0.3, 0.4) is 0 Å². The SMILES string of the molecule is [B]=C(NCC(C)C)c1cn(CCCN2CCCC(Oc3ccc(Cl)cc3)C2)c2c(OC)cccc12. The second-order valence-corrected chi connectivity index (χ2v) is 10.2. The first-order valence-corrected chi connectivity index (χ1v) is 13.0. The first-order chi connectivity index (χ1) is 16.9. The molecule has 0 saturated carbocycles. The molecule has 1 N–H and O–H groups in total. The monoisotopic (exact) mass is 492 g/mol. The molecule has 1 aliphatic heterocycles. The van der Waals surface area contributed by atoms with Crippen molar-refractivity contribution in [1.29, 1.82) is 0 Å². The molecule has 1 unspecified atom stereocenters. The number of benzene rings is 2. The van der Waals surface area contributed by atoms with Crippen LogP contribution in [0.15, 0.2) is 48.7 Å². The predicted octanol–water partition coefficient (Wildman–Crippen LogP) is 5.13. The van der Waals surface area contributed by atoms with Gasteiger partial charge in [0.15, 0.2) is 0 Å². The number of halogens is 1. The van der Waals surface area contributed by atoms with Crippen molar-refractivity contribution in [2.45, 2.75) is 45.8 Å². The van der Waals surface area contributed by atoms with E-state index in [0.29, 0.717) is 11.5 Å². The maximum atomic E-state index is 6.47. The molecule has 185 valence electrons. The third-order valence-electron chi connectivity index (χ3n) is 6.52. The summed E-state index contributed by atoms with van der Waals surface area (Å²) in [6.07, 6.45) is 5.65. The Morgan fingerprint density at radius 2 is 1.97 bits per heavy atom. The number of rotatable bonds is 11. The van der Waals surface area contributed by atoms with Crippen molar-refractivity contribution in [2.24, 2.45) is 5.92 Å². The third kappa shape index (κ3) is 6.62. The average Bonchev–Trinajstić information content (AvgIpc) is 3.23. The van der Waals surface area contributed by atoms with Gasteiger partial charge in [0.2, 0.25) is 0 Å². The Labute approximate surface area is 215 Å². The summed E-state index contributed by atoms with van der Waals surface area (Å²) in [4.78, 5) is 2.51. The Hall–Kier alpha value is -2.44. The van der Waals surface area contributed by atoms with E-state index >= 15 is 0 Å². The van der Waals surface area contributed by atoms with Crippen LogP contribution in [0.1, 0.15) is 38.7 Å². The fourth-order valence-corrected chi connectivity index (χ4v) is 4.90. The second-order valence-electron chi connectivity index (χ2n) is 9.77. The van der Waals surface area contributed by atoms with Gasteiger partial charge >= 0.3 is 175 Å². The van der Waals surface area contributed by atoms with Crippen LogP contribution in [0.25, 0.3) is 10.9 Å². The summed E-state index contributed by atoms with van der Waals surface area (Å²) in [5.74, 6) is 2.29. The summed E-state index contributed by atoms with van der Waals surface area (Å²) >= 11 is 6.00. The topological polar surface area (TPSA) is 38.7 Å². The molecule has 1 saturated heterocycles. The zero-order chi connectivity index (χ0) is 24.8. The number of para-hydroxylation sites is 1. The third-order valence-corrected chi connectivity index (χ3v) is 6.78. The van der Waals surface area contributed by atoms with E-state index in [4.69, 9.17) is 28.6 Å². The van der Waals surface area contributed by atoms with Crippen LogP contribution in [0.5, 0.6) is 11.5 Å². The Morgan fingerprint density at radius 3 is 2.71 bits per heavy atom. The standard InChI is InChI=1S/C28H36BClN3O2/c1-20(2)17-31-28(29)25-19-33(27-24(25)8-4-9-26(27)34-3)16-6-15-32-14-5-7-23(18-32)35-22-12-10-21(30)11-13-22/h4,8-13,19-20,23,31H,5-7,14-18H2,1-3H3. The summed E-state index contributed by atoms with van der Waals surface area (Å²) in [6.45, 7) is 9.18. The van der Waals surface area contributed by atoms with Gasteiger partial charge in [-0.3, -0.25) is 0 Å². The summed E-state index contributed by atoms with van der Waals surface area (Å²) in [5.41, 5.74) is 2.85. The van der Waals surface area contributed by atoms with Gasteiger partial charge in [0.25, 0.3) is 0 Å². The van der Waals surface area contributed by atoms with E-state index in [2.05, 4.69) is 40.9 Å². The molecular formula is C28H36BClN3O2. The van der Waals surface area contributed by atoms with Gasteiger partial charge in [-0.05, 0) is 24.3 Å². The van der Waals surface area contributed by atoms with E-state index in [-0.39, 0.29) is 6.10 Å². The Bertz CT molecular complexity index is 1130. The van der Waals surface area contributed by atoms with Crippen LogP contribution in [0.4, 0.5) is 0 Å². The fourth-order valence-electron chi connectivity index (χ4n) is 4.77. The van der Waals surface area contributed by atoms with Crippen molar-refractivity contribution in [3.8, 4) is 11.5 Å². The number of nitrogens with zero attached hydrogens (tertiary/aromatic N) is 2. The number of piperidine rings is 1. The van der Waals surface area contributed by atoms with Crippen LogP contribution in [0.2, 0.25) is 5.02 Å². The van der Waals surface area contributed by atoms with Crippen molar-refractivity contribution in [2.75, 3.05) is 33.3 Å². The van der Waals surface area contributed by atoms with Gasteiger partial charge in [-0.1, -0.05) is 11.6 Å². The van der Waals surface area contributed by atoms with Crippen LogP contribution >= 0.6 is 11.6 Å². The molecule has 2 heterocycles. The molecule has 7 heteroatoms. The average molecular weight is 493 g/mol. The van der Waals surface area contributed by atoms with Crippen molar-refractivity contribution < 1.29 is 9.47 Å². The molecule has 5 nitrogen and oxygen atoms in total. The summed E-state index contributed by atoms with van der Waals surface area (Å²) in [5, 5.41) is 5.24. The quantitative estimate of drug-likeness (QED) is 0.377. The molecule has 0 spiro atoms. The fraction of sp³-hybridized carbons (Fsp3) is 0.464. The van der Waals surface area contributed by atoms with E-state index in [9.17, 15) is 0 Å². The molecule has 0 aliphatic carbocycles. The van der Waals surface area contributed by atoms with Crippen LogP contribution < -0.4 is 14.8 Å². The minimum absolute atomic E-state index is 0.213. The van der Waals surface area contributed by atoms with Gasteiger partial charge in [-0.25, -0.2) is 0 Å². The van der Waals surface area contributed by atoms with E-state index in [1.165, 1.54) is 0 Å². The number of hydrogen-bond acceptors (Lipinski definition) is 4. The van der Waals surface area contributed by atoms with Gasteiger partial charge in [0, 0.05) is 5.02 Å². The zero-order valence-corrected chi connectivity index (χ0v) is 21.9.